The first-order valence-corrected chi connectivity index (χ1v) is 4.13. The van der Waals surface area contributed by atoms with Gasteiger partial charge in [0.25, 0.3) is 0 Å². The predicted molar refractivity (Wildman–Crippen MR) is 34.8 cm³/mol. The van der Waals surface area contributed by atoms with E-state index in [9.17, 15) is 0 Å². The van der Waals surface area contributed by atoms with E-state index in [0.717, 1.165) is 9.72 Å². The first kappa shape index (κ1) is 5.57. The molecule has 0 aliphatic carbocycles. The van der Waals surface area contributed by atoms with E-state index < -0.39 is 0 Å². The van der Waals surface area contributed by atoms with E-state index >= 15 is 0 Å². The Bertz CT molecular complexity index is 45.5. The van der Waals surface area contributed by atoms with Crippen molar-refractivity contribution >= 4 is 40.4 Å². The summed E-state index contributed by atoms with van der Waals surface area (Å²) in [6, 6.07) is 0. The van der Waals surface area contributed by atoms with Gasteiger partial charge in [-0.1, -0.05) is 17.2 Å². The van der Waals surface area contributed by atoms with Gasteiger partial charge in [-0.3, -0.25) is 0 Å². The Kier molecular flexibility index (Phi) is 1.99. The Balaban J connectivity index is 2.11. The quantitative estimate of drug-likeness (QED) is 0.476. The Morgan fingerprint density at radius 3 is 1.33 bits per heavy atom. The molecule has 0 atom stereocenters. The van der Waals surface area contributed by atoms with Crippen LogP contribution in [-0.2, 0) is 0 Å². The summed E-state index contributed by atoms with van der Waals surface area (Å²) in [5.74, 6) is 0. The third kappa shape index (κ3) is 1.20. The molecule has 2 radical (unpaired) electrons. The van der Waals surface area contributed by atoms with Gasteiger partial charge >= 0.3 is 0 Å². The van der Waals surface area contributed by atoms with Crippen molar-refractivity contribution in [2.24, 2.45) is 0 Å². The summed E-state index contributed by atoms with van der Waals surface area (Å²) in [5, 5.41) is 0. The van der Waals surface area contributed by atoms with Crippen LogP contribution in [0.15, 0.2) is 0 Å². The molecule has 1 saturated heterocycles. The van der Waals surface area contributed by atoms with Gasteiger partial charge in [0.1, 0.15) is 9.72 Å². The molecule has 1 heterocycles. The molecule has 1 rings (SSSR count). The average Bonchev–Trinajstić information content (AvgIpc) is 1.33. The Morgan fingerprint density at radius 1 is 1.00 bits per heavy atom. The maximum Gasteiger partial charge on any atom is 0.108 e. The number of rotatable bonds is 0. The molecule has 0 spiro atoms. The minimum Gasteiger partial charge on any atom is -0.107 e. The summed E-state index contributed by atoms with van der Waals surface area (Å²) in [6.45, 7) is 0. The van der Waals surface area contributed by atoms with Crippen molar-refractivity contribution in [1.82, 2.24) is 0 Å². The van der Waals surface area contributed by atoms with Gasteiger partial charge in [-0.05, 0) is 0 Å². The summed E-state index contributed by atoms with van der Waals surface area (Å²) < 4.78 is 0. The average molecular weight is 159 g/mol. The molecule has 0 unspecified atom stereocenters. The van der Waals surface area contributed by atoms with E-state index in [2.05, 4.69) is 0 Å². The lowest BCUT2D eigenvalue weighted by atomic mass is 11.8. The highest BCUT2D eigenvalue weighted by Gasteiger charge is 2.26. The van der Waals surface area contributed by atoms with E-state index in [0.29, 0.717) is 17.2 Å². The first-order chi connectivity index (χ1) is 2.79. The van der Waals surface area contributed by atoms with Crippen LogP contribution in [0.1, 0.15) is 0 Å². The molecule has 0 nitrogen and oxygen atoms in total. The molecule has 1 aliphatic rings. The maximum absolute atomic E-state index is 5.48. The van der Waals surface area contributed by atoms with Gasteiger partial charge < -0.3 is 0 Å². The lowest BCUT2D eigenvalue weighted by Crippen LogP contribution is -1.81. The second kappa shape index (κ2) is 2.14. The highest BCUT2D eigenvalue weighted by Crippen LogP contribution is 2.72. The summed E-state index contributed by atoms with van der Waals surface area (Å²) in [7, 11) is 1.29. The molecule has 0 bridgehead atoms. The van der Waals surface area contributed by atoms with Gasteiger partial charge in [0, 0.05) is 0 Å². The second-order valence-corrected chi connectivity index (χ2v) is 6.40. The van der Waals surface area contributed by atoms with Gasteiger partial charge in [-0.15, -0.1) is 23.2 Å². The highest BCUT2D eigenvalue weighted by atomic mass is 35.5. The molecule has 0 aromatic rings. The molecule has 4 heteroatoms. The van der Waals surface area contributed by atoms with Crippen molar-refractivity contribution in [2.75, 3.05) is 0 Å². The molecule has 0 saturated carbocycles. The predicted octanol–water partition coefficient (Wildman–Crippen LogP) is 2.73. The van der Waals surface area contributed by atoms with Crippen LogP contribution in [0.5, 0.6) is 0 Å². The van der Waals surface area contributed by atoms with E-state index in [1.807, 2.05) is 0 Å². The summed E-state index contributed by atoms with van der Waals surface area (Å²) in [6.07, 6.45) is 0. The lowest BCUT2D eigenvalue weighted by Gasteiger charge is -2.22. The first-order valence-electron chi connectivity index (χ1n) is 1.38. The van der Waals surface area contributed by atoms with Gasteiger partial charge in [-0.2, -0.15) is 0 Å². The van der Waals surface area contributed by atoms with Crippen molar-refractivity contribution in [2.45, 2.75) is 0 Å². The Morgan fingerprint density at radius 2 is 1.33 bits per heavy atom. The van der Waals surface area contributed by atoms with E-state index in [4.69, 9.17) is 23.2 Å². The number of hydrogen-bond acceptors (Lipinski definition) is 0. The molecule has 0 N–H and O–H groups in total. The molecule has 0 aromatic carbocycles. The fourth-order valence-corrected chi connectivity index (χ4v) is 4.08. The van der Waals surface area contributed by atoms with Crippen LogP contribution in [0, 0.1) is 9.72 Å². The standard InChI is InChI=1S/C2H2Cl2P2/c3-1-5-2(4)6-1/h5-6H. The van der Waals surface area contributed by atoms with Crippen LogP contribution in [0.25, 0.3) is 0 Å². The normalized spacial score (nSPS) is 35.0. The zero-order valence-corrected chi connectivity index (χ0v) is 6.27. The van der Waals surface area contributed by atoms with Crippen molar-refractivity contribution in [3.05, 3.63) is 9.72 Å². The third-order valence-electron chi connectivity index (χ3n) is 0.439. The van der Waals surface area contributed by atoms with E-state index in [1.165, 1.54) is 0 Å². The summed E-state index contributed by atoms with van der Waals surface area (Å²) in [4.78, 5) is 2.08. The Labute approximate surface area is 50.5 Å². The second-order valence-electron chi connectivity index (χ2n) is 0.878. The molecule has 0 amide bonds. The number of halogens is 2. The van der Waals surface area contributed by atoms with Crippen LogP contribution in [-0.4, -0.2) is 0 Å². The summed E-state index contributed by atoms with van der Waals surface area (Å²) in [5.41, 5.74) is 0. The van der Waals surface area contributed by atoms with Gasteiger partial charge in [-0.25, -0.2) is 0 Å². The molecule has 0 aromatic heterocycles. The third-order valence-corrected chi connectivity index (χ3v) is 3.95. The molecule has 1 fully saturated rings. The monoisotopic (exact) mass is 158 g/mol. The molecule has 34 valence electrons. The highest BCUT2D eigenvalue weighted by molar-refractivity contribution is 7.89. The van der Waals surface area contributed by atoms with Crippen molar-refractivity contribution in [3.8, 4) is 0 Å². The topological polar surface area (TPSA) is 0 Å². The van der Waals surface area contributed by atoms with Gasteiger partial charge in [0.2, 0.25) is 0 Å². The number of hydrogen-bond donors (Lipinski definition) is 0. The smallest absolute Gasteiger partial charge is 0.107 e. The van der Waals surface area contributed by atoms with E-state index in [-0.39, 0.29) is 0 Å². The van der Waals surface area contributed by atoms with Crippen LogP contribution in [0.2, 0.25) is 0 Å². The minimum absolute atomic E-state index is 0.645. The maximum atomic E-state index is 5.48. The van der Waals surface area contributed by atoms with Gasteiger partial charge in [0.15, 0.2) is 0 Å². The Hall–Kier alpha value is 1.44. The van der Waals surface area contributed by atoms with Crippen molar-refractivity contribution < 1.29 is 0 Å². The zero-order valence-electron chi connectivity index (χ0n) is 2.76. The minimum atomic E-state index is 0.645. The SMILES string of the molecule is Cl[C]1P[C](Cl)P1. The fourth-order valence-electron chi connectivity index (χ4n) is 0.193. The lowest BCUT2D eigenvalue weighted by molar-refractivity contribution is 2.14. The zero-order chi connectivity index (χ0) is 4.57. The largest absolute Gasteiger partial charge is 0.108 e. The van der Waals surface area contributed by atoms with Crippen molar-refractivity contribution in [3.63, 3.8) is 0 Å². The van der Waals surface area contributed by atoms with Crippen LogP contribution < -0.4 is 0 Å². The van der Waals surface area contributed by atoms with E-state index in [1.54, 1.807) is 0 Å². The van der Waals surface area contributed by atoms with Crippen LogP contribution in [0.3, 0.4) is 0 Å². The van der Waals surface area contributed by atoms with Crippen LogP contribution in [0.4, 0.5) is 0 Å². The fraction of sp³-hybridized carbons (Fsp3) is 0. The summed E-state index contributed by atoms with van der Waals surface area (Å²) >= 11 is 11.0. The molecule has 1 aliphatic heterocycles. The van der Waals surface area contributed by atoms with Crippen molar-refractivity contribution in [1.29, 1.82) is 0 Å². The van der Waals surface area contributed by atoms with Crippen LogP contribution >= 0.6 is 40.4 Å². The molecular weight excluding hydrogens is 157 g/mol. The molecular formula is C2H2Cl2P2. The van der Waals surface area contributed by atoms with Gasteiger partial charge in [0.05, 0.1) is 0 Å². The molecule has 6 heavy (non-hydrogen) atoms.